The van der Waals surface area contributed by atoms with E-state index in [2.05, 4.69) is 27.3 Å². The first-order chi connectivity index (χ1) is 10.3. The molecule has 21 heavy (non-hydrogen) atoms. The zero-order chi connectivity index (χ0) is 14.2. The van der Waals surface area contributed by atoms with Gasteiger partial charge in [-0.1, -0.05) is 12.1 Å². The smallest absolute Gasteiger partial charge is 0.258 e. The molecule has 6 heteroatoms. The molecule has 4 heterocycles. The quantitative estimate of drug-likeness (QED) is 0.939. The number of hydrogen-bond acceptors (Lipinski definition) is 6. The maximum absolute atomic E-state index is 5.39. The summed E-state index contributed by atoms with van der Waals surface area (Å²) in [5, 5.41) is 11.7. The van der Waals surface area contributed by atoms with Gasteiger partial charge >= 0.3 is 0 Å². The average molecular weight is 304 g/mol. The van der Waals surface area contributed by atoms with Gasteiger partial charge in [-0.05, 0) is 42.8 Å². The van der Waals surface area contributed by atoms with Gasteiger partial charge in [-0.15, -0.1) is 0 Å². The highest BCUT2D eigenvalue weighted by atomic mass is 32.1. The normalized spacial score (nSPS) is 29.1. The number of aromatic nitrogens is 2. The fraction of sp³-hybridized carbons (Fsp3) is 0.600. The van der Waals surface area contributed by atoms with Crippen LogP contribution in [0.4, 0.5) is 0 Å². The van der Waals surface area contributed by atoms with Crippen LogP contribution in [0.5, 0.6) is 0 Å². The van der Waals surface area contributed by atoms with Crippen molar-refractivity contribution in [2.75, 3.05) is 19.6 Å². The van der Waals surface area contributed by atoms with Crippen LogP contribution in [0.15, 0.2) is 21.3 Å². The minimum atomic E-state index is 0.639. The molecule has 2 fully saturated rings. The van der Waals surface area contributed by atoms with E-state index in [4.69, 9.17) is 4.52 Å². The summed E-state index contributed by atoms with van der Waals surface area (Å²) in [6.45, 7) is 6.55. The van der Waals surface area contributed by atoms with Crippen LogP contribution in [0.1, 0.15) is 19.2 Å². The summed E-state index contributed by atoms with van der Waals surface area (Å²) in [4.78, 5) is 7.09. The van der Waals surface area contributed by atoms with E-state index in [9.17, 15) is 0 Å². The molecule has 2 saturated heterocycles. The van der Waals surface area contributed by atoms with Crippen LogP contribution in [0, 0.1) is 11.8 Å². The van der Waals surface area contributed by atoms with E-state index in [0.29, 0.717) is 11.9 Å². The van der Waals surface area contributed by atoms with Crippen molar-refractivity contribution >= 4 is 11.3 Å². The Morgan fingerprint density at radius 1 is 1.48 bits per heavy atom. The predicted molar refractivity (Wildman–Crippen MR) is 81.9 cm³/mol. The van der Waals surface area contributed by atoms with E-state index in [-0.39, 0.29) is 0 Å². The Hall–Kier alpha value is -1.24. The molecule has 0 bridgehead atoms. The first-order valence-electron chi connectivity index (χ1n) is 7.65. The second-order valence-electron chi connectivity index (χ2n) is 6.02. The summed E-state index contributed by atoms with van der Waals surface area (Å²) >= 11 is 1.65. The summed E-state index contributed by atoms with van der Waals surface area (Å²) in [7, 11) is 0. The van der Waals surface area contributed by atoms with Gasteiger partial charge < -0.3 is 9.84 Å². The van der Waals surface area contributed by atoms with Gasteiger partial charge in [0.2, 0.25) is 0 Å². The van der Waals surface area contributed by atoms with Crippen molar-refractivity contribution in [3.05, 3.63) is 22.7 Å². The van der Waals surface area contributed by atoms with Gasteiger partial charge in [0, 0.05) is 18.0 Å². The molecule has 3 unspecified atom stereocenters. The van der Waals surface area contributed by atoms with Gasteiger partial charge in [-0.2, -0.15) is 16.3 Å². The Labute approximate surface area is 128 Å². The Morgan fingerprint density at radius 3 is 3.24 bits per heavy atom. The molecule has 0 aliphatic carbocycles. The molecular formula is C15H20N4OS. The van der Waals surface area contributed by atoms with Crippen molar-refractivity contribution in [2.24, 2.45) is 11.8 Å². The summed E-state index contributed by atoms with van der Waals surface area (Å²) in [5.41, 5.74) is 1.02. The largest absolute Gasteiger partial charge is 0.334 e. The van der Waals surface area contributed by atoms with E-state index in [1.54, 1.807) is 11.3 Å². The van der Waals surface area contributed by atoms with Crippen LogP contribution in [0.25, 0.3) is 11.5 Å². The van der Waals surface area contributed by atoms with Crippen LogP contribution >= 0.6 is 11.3 Å². The fourth-order valence-electron chi connectivity index (χ4n) is 3.86. The molecule has 5 nitrogen and oxygen atoms in total. The van der Waals surface area contributed by atoms with Crippen molar-refractivity contribution in [3.8, 4) is 11.5 Å². The Kier molecular flexibility index (Phi) is 3.52. The van der Waals surface area contributed by atoms with E-state index in [1.807, 2.05) is 16.8 Å². The summed E-state index contributed by atoms with van der Waals surface area (Å²) in [6.07, 6.45) is 1.19. The molecule has 4 rings (SSSR count). The van der Waals surface area contributed by atoms with E-state index < -0.39 is 0 Å². The molecule has 2 aromatic heterocycles. The van der Waals surface area contributed by atoms with Gasteiger partial charge in [0.1, 0.15) is 0 Å². The highest BCUT2D eigenvalue weighted by Crippen LogP contribution is 2.35. The minimum absolute atomic E-state index is 0.639. The molecule has 2 aromatic rings. The standard InChI is InChI=1S/C15H20N4OS/c1-2-13-12-6-16-5-11(12)7-19(13)8-14-17-15(20-18-14)10-3-4-21-9-10/h3-4,9,11-13,16H,2,5-8H2,1H3. The third kappa shape index (κ3) is 2.41. The number of thiophene rings is 1. The molecular weight excluding hydrogens is 284 g/mol. The van der Waals surface area contributed by atoms with Crippen molar-refractivity contribution in [3.63, 3.8) is 0 Å². The fourth-order valence-corrected chi connectivity index (χ4v) is 4.49. The number of nitrogens with zero attached hydrogens (tertiary/aromatic N) is 3. The predicted octanol–water partition coefficient (Wildman–Crippen LogP) is 2.23. The first-order valence-corrected chi connectivity index (χ1v) is 8.59. The number of nitrogens with one attached hydrogen (secondary N) is 1. The topological polar surface area (TPSA) is 54.2 Å². The van der Waals surface area contributed by atoms with E-state index >= 15 is 0 Å². The monoisotopic (exact) mass is 304 g/mol. The summed E-state index contributed by atoms with van der Waals surface area (Å²) in [5.74, 6) is 3.03. The maximum Gasteiger partial charge on any atom is 0.258 e. The van der Waals surface area contributed by atoms with E-state index in [1.165, 1.54) is 6.42 Å². The lowest BCUT2D eigenvalue weighted by Crippen LogP contribution is -2.34. The molecule has 0 aromatic carbocycles. The molecule has 1 N–H and O–H groups in total. The minimum Gasteiger partial charge on any atom is -0.334 e. The number of fused-ring (bicyclic) bond motifs is 1. The second kappa shape index (κ2) is 5.51. The number of hydrogen-bond donors (Lipinski definition) is 1. The van der Waals surface area contributed by atoms with E-state index in [0.717, 1.165) is 49.4 Å². The van der Waals surface area contributed by atoms with Crippen LogP contribution in [-0.2, 0) is 6.54 Å². The van der Waals surface area contributed by atoms with Crippen LogP contribution in [0.3, 0.4) is 0 Å². The highest BCUT2D eigenvalue weighted by Gasteiger charge is 2.43. The van der Waals surface area contributed by atoms with Crippen LogP contribution < -0.4 is 5.32 Å². The van der Waals surface area contributed by atoms with Gasteiger partial charge in [0.15, 0.2) is 5.82 Å². The van der Waals surface area contributed by atoms with Crippen LogP contribution in [-0.4, -0.2) is 40.7 Å². The lowest BCUT2D eigenvalue weighted by atomic mass is 9.93. The first kappa shape index (κ1) is 13.4. The van der Waals surface area contributed by atoms with Gasteiger partial charge in [-0.25, -0.2) is 0 Å². The lowest BCUT2D eigenvalue weighted by Gasteiger charge is -2.25. The molecule has 0 saturated carbocycles. The van der Waals surface area contributed by atoms with Crippen molar-refractivity contribution in [1.82, 2.24) is 20.4 Å². The maximum atomic E-state index is 5.39. The molecule has 3 atom stereocenters. The Morgan fingerprint density at radius 2 is 2.43 bits per heavy atom. The Balaban J connectivity index is 1.48. The zero-order valence-electron chi connectivity index (χ0n) is 12.2. The van der Waals surface area contributed by atoms with Gasteiger partial charge in [0.25, 0.3) is 5.89 Å². The zero-order valence-corrected chi connectivity index (χ0v) is 13.0. The third-order valence-electron chi connectivity index (χ3n) is 4.82. The van der Waals surface area contributed by atoms with Crippen molar-refractivity contribution < 1.29 is 4.52 Å². The second-order valence-corrected chi connectivity index (χ2v) is 6.80. The van der Waals surface area contributed by atoms with Gasteiger partial charge in [0.05, 0.1) is 12.1 Å². The summed E-state index contributed by atoms with van der Waals surface area (Å²) in [6, 6.07) is 2.66. The number of rotatable bonds is 4. The van der Waals surface area contributed by atoms with Gasteiger partial charge in [-0.3, -0.25) is 4.90 Å². The Bertz CT molecular complexity index is 597. The average Bonchev–Trinajstić information content (AvgIpc) is 3.23. The molecule has 2 aliphatic heterocycles. The molecule has 0 radical (unpaired) electrons. The molecule has 0 spiro atoms. The lowest BCUT2D eigenvalue weighted by molar-refractivity contribution is 0.203. The van der Waals surface area contributed by atoms with Crippen molar-refractivity contribution in [2.45, 2.75) is 25.9 Å². The van der Waals surface area contributed by atoms with Crippen LogP contribution in [0.2, 0.25) is 0 Å². The molecule has 112 valence electrons. The highest BCUT2D eigenvalue weighted by molar-refractivity contribution is 7.08. The van der Waals surface area contributed by atoms with Crippen molar-refractivity contribution in [1.29, 1.82) is 0 Å². The molecule has 0 amide bonds. The third-order valence-corrected chi connectivity index (χ3v) is 5.51. The molecule has 2 aliphatic rings. The SMILES string of the molecule is CCC1C2CNCC2CN1Cc1noc(-c2ccsc2)n1. The summed E-state index contributed by atoms with van der Waals surface area (Å²) < 4.78 is 5.39. The number of likely N-dealkylation sites (tertiary alicyclic amines) is 1.